The van der Waals surface area contributed by atoms with E-state index in [1.165, 1.54) is 109 Å². The number of aliphatic carboxylic acids is 1. The summed E-state index contributed by atoms with van der Waals surface area (Å²) in [4.78, 5) is 10.4. The summed E-state index contributed by atoms with van der Waals surface area (Å²) in [6, 6.07) is 0. The Morgan fingerprint density at radius 3 is 1.11 bits per heavy atom. The minimum Gasteiger partial charge on any atom is -0.481 e. The van der Waals surface area contributed by atoms with Gasteiger partial charge in [0.1, 0.15) is 0 Å². The Bertz CT molecular complexity index is 594. The average Bonchev–Trinajstić information content (AvgIpc) is 2.87. The van der Waals surface area contributed by atoms with Gasteiger partial charge in [0.05, 0.1) is 6.42 Å². The second-order valence-corrected chi connectivity index (χ2v) is 9.98. The molecule has 0 aliphatic heterocycles. The molecular weight excluding hydrogens is 440 g/mol. The van der Waals surface area contributed by atoms with Crippen LogP contribution in [0.15, 0.2) is 60.8 Å². The summed E-state index contributed by atoms with van der Waals surface area (Å²) < 4.78 is 0. The predicted molar refractivity (Wildman–Crippen MR) is 161 cm³/mol. The van der Waals surface area contributed by atoms with Gasteiger partial charge in [-0.2, -0.15) is 0 Å². The molecule has 2 heteroatoms. The first-order valence-corrected chi connectivity index (χ1v) is 15.2. The molecule has 0 aromatic heterocycles. The monoisotopic (exact) mass is 498 g/mol. The quantitative estimate of drug-likeness (QED) is 0.0903. The van der Waals surface area contributed by atoms with E-state index < -0.39 is 5.97 Å². The highest BCUT2D eigenvalue weighted by molar-refractivity contribution is 5.68. The first-order chi connectivity index (χ1) is 17.8. The summed E-state index contributed by atoms with van der Waals surface area (Å²) in [6.07, 6.45) is 49.2. The minimum absolute atomic E-state index is 0.158. The molecule has 0 aliphatic rings. The van der Waals surface area contributed by atoms with Crippen LogP contribution in [-0.4, -0.2) is 11.1 Å². The van der Waals surface area contributed by atoms with E-state index in [9.17, 15) is 4.79 Å². The van der Waals surface area contributed by atoms with Gasteiger partial charge < -0.3 is 5.11 Å². The second-order valence-electron chi connectivity index (χ2n) is 9.98. The van der Waals surface area contributed by atoms with E-state index in [2.05, 4.69) is 55.5 Å². The zero-order chi connectivity index (χ0) is 26.2. The number of allylic oxidation sites excluding steroid dienone is 9. The number of carboxylic acid groups (broad SMARTS) is 1. The lowest BCUT2D eigenvalue weighted by Crippen LogP contribution is -1.89. The van der Waals surface area contributed by atoms with Gasteiger partial charge in [-0.1, -0.05) is 145 Å². The molecule has 206 valence electrons. The van der Waals surface area contributed by atoms with Crippen molar-refractivity contribution in [2.24, 2.45) is 0 Å². The van der Waals surface area contributed by atoms with E-state index >= 15 is 0 Å². The Labute approximate surface area is 224 Å². The molecule has 2 nitrogen and oxygen atoms in total. The van der Waals surface area contributed by atoms with Gasteiger partial charge in [0.25, 0.3) is 0 Å². The minimum atomic E-state index is -0.742. The highest BCUT2D eigenvalue weighted by Crippen LogP contribution is 2.13. The van der Waals surface area contributed by atoms with E-state index in [0.29, 0.717) is 0 Å². The molecule has 0 spiro atoms. The first-order valence-electron chi connectivity index (χ1n) is 15.2. The molecule has 0 unspecified atom stereocenters. The molecule has 0 rings (SSSR count). The molecular formula is C34H58O2. The molecule has 0 saturated heterocycles. The zero-order valence-electron chi connectivity index (χ0n) is 23.7. The van der Waals surface area contributed by atoms with Crippen molar-refractivity contribution in [1.82, 2.24) is 0 Å². The number of rotatable bonds is 27. The van der Waals surface area contributed by atoms with Crippen molar-refractivity contribution in [3.63, 3.8) is 0 Å². The van der Waals surface area contributed by atoms with Crippen LogP contribution in [0.3, 0.4) is 0 Å². The third kappa shape index (κ3) is 32.2. The van der Waals surface area contributed by atoms with Crippen LogP contribution in [0.25, 0.3) is 0 Å². The highest BCUT2D eigenvalue weighted by Gasteiger charge is 1.94. The summed E-state index contributed by atoms with van der Waals surface area (Å²) in [5.41, 5.74) is 0. The van der Waals surface area contributed by atoms with Crippen molar-refractivity contribution < 1.29 is 9.90 Å². The van der Waals surface area contributed by atoms with Crippen molar-refractivity contribution in [1.29, 1.82) is 0 Å². The van der Waals surface area contributed by atoms with E-state index in [4.69, 9.17) is 5.11 Å². The van der Waals surface area contributed by atoms with Crippen LogP contribution in [0.1, 0.15) is 148 Å². The molecule has 0 bridgehead atoms. The van der Waals surface area contributed by atoms with Crippen molar-refractivity contribution in [3.8, 4) is 0 Å². The van der Waals surface area contributed by atoms with Crippen LogP contribution < -0.4 is 0 Å². The predicted octanol–water partition coefficient (Wildman–Crippen LogP) is 11.5. The van der Waals surface area contributed by atoms with Gasteiger partial charge in [0, 0.05) is 0 Å². The average molecular weight is 499 g/mol. The van der Waals surface area contributed by atoms with Crippen molar-refractivity contribution >= 4 is 5.97 Å². The molecule has 36 heavy (non-hydrogen) atoms. The first kappa shape index (κ1) is 34.2. The van der Waals surface area contributed by atoms with Crippen LogP contribution >= 0.6 is 0 Å². The van der Waals surface area contributed by atoms with Crippen LogP contribution in [0.5, 0.6) is 0 Å². The SMILES string of the molecule is CCCCCC=CCC=CCC=CCC=CCCCCCCCCCCCCCCC=CCC(=O)O. The molecule has 0 saturated carbocycles. The lowest BCUT2D eigenvalue weighted by molar-refractivity contribution is -0.136. The summed E-state index contributed by atoms with van der Waals surface area (Å²) in [7, 11) is 0. The lowest BCUT2D eigenvalue weighted by atomic mass is 10.0. The molecule has 0 aromatic rings. The normalized spacial score (nSPS) is 12.5. The smallest absolute Gasteiger partial charge is 0.307 e. The van der Waals surface area contributed by atoms with Gasteiger partial charge in [-0.05, 0) is 57.8 Å². The topological polar surface area (TPSA) is 37.3 Å². The number of unbranched alkanes of at least 4 members (excludes halogenated alkanes) is 16. The Morgan fingerprint density at radius 1 is 0.444 bits per heavy atom. The van der Waals surface area contributed by atoms with Crippen LogP contribution in [0, 0.1) is 0 Å². The molecule has 0 aromatic carbocycles. The number of hydrogen-bond acceptors (Lipinski definition) is 1. The van der Waals surface area contributed by atoms with E-state index in [0.717, 1.165) is 25.7 Å². The van der Waals surface area contributed by atoms with Crippen molar-refractivity contribution in [3.05, 3.63) is 60.8 Å². The molecule has 0 aliphatic carbocycles. The molecule has 0 atom stereocenters. The standard InChI is InChI=1S/C34H58O2/c1-2-3-4-5-6-7-8-9-10-11-12-13-14-15-16-17-18-19-20-21-22-23-24-25-26-27-28-29-30-31-32-33-34(35)36/h6-7,9-10,12-13,15-16,31-32H,2-5,8,11,14,17-30,33H2,1H3,(H,35,36). The highest BCUT2D eigenvalue weighted by atomic mass is 16.4. The second kappa shape index (κ2) is 31.2. The maximum Gasteiger partial charge on any atom is 0.307 e. The Morgan fingerprint density at radius 2 is 0.750 bits per heavy atom. The van der Waals surface area contributed by atoms with Gasteiger partial charge in [0.2, 0.25) is 0 Å². The Kier molecular flexibility index (Phi) is 29.6. The van der Waals surface area contributed by atoms with Crippen molar-refractivity contribution in [2.45, 2.75) is 148 Å². The van der Waals surface area contributed by atoms with Crippen LogP contribution in [0.4, 0.5) is 0 Å². The Balaban J connectivity index is 3.26. The molecule has 1 N–H and O–H groups in total. The number of hydrogen-bond donors (Lipinski definition) is 1. The molecule has 0 heterocycles. The van der Waals surface area contributed by atoms with Gasteiger partial charge in [-0.25, -0.2) is 0 Å². The summed E-state index contributed by atoms with van der Waals surface area (Å²) in [5, 5.41) is 8.56. The zero-order valence-corrected chi connectivity index (χ0v) is 23.7. The number of carboxylic acids is 1. The third-order valence-corrected chi connectivity index (χ3v) is 6.41. The molecule has 0 fully saturated rings. The fourth-order valence-electron chi connectivity index (χ4n) is 4.16. The summed E-state index contributed by atoms with van der Waals surface area (Å²) in [6.45, 7) is 2.25. The molecule has 0 radical (unpaired) electrons. The van der Waals surface area contributed by atoms with Gasteiger partial charge in [0.15, 0.2) is 0 Å². The number of carbonyl (C=O) groups is 1. The fraction of sp³-hybridized carbons (Fsp3) is 0.676. The lowest BCUT2D eigenvalue weighted by Gasteiger charge is -2.02. The van der Waals surface area contributed by atoms with Crippen LogP contribution in [0.2, 0.25) is 0 Å². The summed E-state index contributed by atoms with van der Waals surface area (Å²) in [5.74, 6) is -0.742. The van der Waals surface area contributed by atoms with E-state index in [1.54, 1.807) is 6.08 Å². The summed E-state index contributed by atoms with van der Waals surface area (Å²) >= 11 is 0. The Hall–Kier alpha value is -1.83. The largest absolute Gasteiger partial charge is 0.481 e. The maximum atomic E-state index is 10.4. The van der Waals surface area contributed by atoms with Gasteiger partial charge in [-0.3, -0.25) is 4.79 Å². The van der Waals surface area contributed by atoms with E-state index in [1.807, 2.05) is 6.08 Å². The van der Waals surface area contributed by atoms with Crippen LogP contribution in [-0.2, 0) is 4.79 Å². The maximum absolute atomic E-state index is 10.4. The fourth-order valence-corrected chi connectivity index (χ4v) is 4.16. The van der Waals surface area contributed by atoms with Gasteiger partial charge in [-0.15, -0.1) is 0 Å². The van der Waals surface area contributed by atoms with E-state index in [-0.39, 0.29) is 6.42 Å². The third-order valence-electron chi connectivity index (χ3n) is 6.41. The van der Waals surface area contributed by atoms with Gasteiger partial charge >= 0.3 is 5.97 Å². The van der Waals surface area contributed by atoms with Crippen molar-refractivity contribution in [2.75, 3.05) is 0 Å². The molecule has 0 amide bonds.